The van der Waals surface area contributed by atoms with Crippen LogP contribution in [0, 0.1) is 0 Å². The van der Waals surface area contributed by atoms with E-state index in [1.54, 1.807) is 19.2 Å². The van der Waals surface area contributed by atoms with Crippen LogP contribution >= 0.6 is 11.6 Å². The molecule has 1 N–H and O–H groups in total. The first-order valence-corrected chi connectivity index (χ1v) is 6.53. The zero-order valence-corrected chi connectivity index (χ0v) is 11.1. The molecule has 18 heavy (non-hydrogen) atoms. The molecule has 2 rings (SSSR count). The quantitative estimate of drug-likeness (QED) is 0.916. The van der Waals surface area contributed by atoms with E-state index in [1.165, 1.54) is 6.20 Å². The maximum absolute atomic E-state index is 12.0. The number of nitrogens with one attached hydrogen (secondary N) is 1. The van der Waals surface area contributed by atoms with E-state index < -0.39 is 0 Å². The van der Waals surface area contributed by atoms with Crippen molar-refractivity contribution in [3.05, 3.63) is 29.0 Å². The smallest absolute Gasteiger partial charge is 0.270 e. The largest absolute Gasteiger partial charge is 0.379 e. The van der Waals surface area contributed by atoms with Gasteiger partial charge in [-0.2, -0.15) is 0 Å². The van der Waals surface area contributed by atoms with Crippen LogP contribution in [0.2, 0.25) is 5.02 Å². The Hall–Kier alpha value is -1.13. The van der Waals surface area contributed by atoms with Crippen molar-refractivity contribution in [3.63, 3.8) is 0 Å². The van der Waals surface area contributed by atoms with Gasteiger partial charge in [0.2, 0.25) is 0 Å². The average Bonchev–Trinajstić information content (AvgIpc) is 2.39. The summed E-state index contributed by atoms with van der Waals surface area (Å²) < 4.78 is 5.40. The van der Waals surface area contributed by atoms with Crippen molar-refractivity contribution in [3.8, 4) is 0 Å². The second-order valence-corrected chi connectivity index (χ2v) is 4.93. The van der Waals surface area contributed by atoms with E-state index in [-0.39, 0.29) is 18.1 Å². The average molecular weight is 269 g/mol. The highest BCUT2D eigenvalue weighted by molar-refractivity contribution is 6.30. The fraction of sp³-hybridized carbons (Fsp3) is 0.538. The van der Waals surface area contributed by atoms with Gasteiger partial charge in [-0.05, 0) is 25.0 Å². The standard InChI is InChI=1S/C13H17ClN2O2/c1-18-12-5-3-2-4-10(12)16-13(17)11-8-9(14)6-7-15-11/h6-8,10,12H,2-5H2,1H3,(H,16,17)/t10-,12-/m1/s1. The van der Waals surface area contributed by atoms with Gasteiger partial charge in [0, 0.05) is 18.3 Å². The van der Waals surface area contributed by atoms with Crippen LogP contribution in [0.3, 0.4) is 0 Å². The molecule has 1 aliphatic rings. The maximum atomic E-state index is 12.0. The summed E-state index contributed by atoms with van der Waals surface area (Å²) in [5.41, 5.74) is 0.350. The van der Waals surface area contributed by atoms with E-state index in [0.717, 1.165) is 25.7 Å². The molecule has 1 aromatic rings. The topological polar surface area (TPSA) is 51.2 Å². The third-order valence-corrected chi connectivity index (χ3v) is 3.51. The van der Waals surface area contributed by atoms with Crippen LogP contribution in [-0.4, -0.2) is 30.1 Å². The highest BCUT2D eigenvalue weighted by Crippen LogP contribution is 2.21. The number of hydrogen-bond acceptors (Lipinski definition) is 3. The Kier molecular flexibility index (Phi) is 4.55. The fourth-order valence-corrected chi connectivity index (χ4v) is 2.48. The molecular formula is C13H17ClN2O2. The molecule has 0 radical (unpaired) electrons. The molecule has 4 nitrogen and oxygen atoms in total. The number of pyridine rings is 1. The van der Waals surface area contributed by atoms with Crippen molar-refractivity contribution in [1.82, 2.24) is 10.3 Å². The number of aromatic nitrogens is 1. The third kappa shape index (κ3) is 3.21. The number of methoxy groups -OCH3 is 1. The van der Waals surface area contributed by atoms with Crippen LogP contribution in [0.15, 0.2) is 18.3 Å². The minimum absolute atomic E-state index is 0.0667. The van der Waals surface area contributed by atoms with Crippen molar-refractivity contribution < 1.29 is 9.53 Å². The Morgan fingerprint density at radius 2 is 2.28 bits per heavy atom. The van der Waals surface area contributed by atoms with E-state index in [9.17, 15) is 4.79 Å². The molecular weight excluding hydrogens is 252 g/mol. The Balaban J connectivity index is 2.02. The number of nitrogens with zero attached hydrogens (tertiary/aromatic N) is 1. The highest BCUT2D eigenvalue weighted by atomic mass is 35.5. The van der Waals surface area contributed by atoms with Gasteiger partial charge in [-0.25, -0.2) is 0 Å². The number of halogens is 1. The molecule has 0 unspecified atom stereocenters. The van der Waals surface area contributed by atoms with E-state index >= 15 is 0 Å². The normalized spacial score (nSPS) is 23.7. The molecule has 1 aromatic heterocycles. The van der Waals surface area contributed by atoms with Gasteiger partial charge < -0.3 is 10.1 Å². The van der Waals surface area contributed by atoms with Gasteiger partial charge in [0.25, 0.3) is 5.91 Å². The summed E-state index contributed by atoms with van der Waals surface area (Å²) >= 11 is 5.84. The zero-order chi connectivity index (χ0) is 13.0. The molecule has 0 aromatic carbocycles. The van der Waals surface area contributed by atoms with Crippen LogP contribution < -0.4 is 5.32 Å². The SMILES string of the molecule is CO[C@@H]1CCCC[C@H]1NC(=O)c1cc(Cl)ccn1. The summed E-state index contributed by atoms with van der Waals surface area (Å²) in [6.07, 6.45) is 5.84. The van der Waals surface area contributed by atoms with Crippen molar-refractivity contribution >= 4 is 17.5 Å². The number of hydrogen-bond donors (Lipinski definition) is 1. The summed E-state index contributed by atoms with van der Waals surface area (Å²) in [6.45, 7) is 0. The minimum Gasteiger partial charge on any atom is -0.379 e. The minimum atomic E-state index is -0.188. The van der Waals surface area contributed by atoms with Crippen LogP contribution in [0.25, 0.3) is 0 Å². The van der Waals surface area contributed by atoms with Gasteiger partial charge >= 0.3 is 0 Å². The van der Waals surface area contributed by atoms with Crippen molar-refractivity contribution in [1.29, 1.82) is 0 Å². The summed E-state index contributed by atoms with van der Waals surface area (Å²) in [6, 6.07) is 3.29. The maximum Gasteiger partial charge on any atom is 0.270 e. The van der Waals surface area contributed by atoms with E-state index in [4.69, 9.17) is 16.3 Å². The molecule has 0 bridgehead atoms. The first-order chi connectivity index (χ1) is 8.70. The van der Waals surface area contributed by atoms with Crippen LogP contribution in [0.1, 0.15) is 36.2 Å². The van der Waals surface area contributed by atoms with Gasteiger partial charge in [-0.1, -0.05) is 24.4 Å². The molecule has 0 saturated heterocycles. The zero-order valence-electron chi connectivity index (χ0n) is 10.4. The molecule has 1 heterocycles. The van der Waals surface area contributed by atoms with E-state index in [2.05, 4.69) is 10.3 Å². The lowest BCUT2D eigenvalue weighted by atomic mass is 9.92. The lowest BCUT2D eigenvalue weighted by molar-refractivity contribution is 0.0391. The second-order valence-electron chi connectivity index (χ2n) is 4.50. The molecule has 0 aliphatic heterocycles. The van der Waals surface area contributed by atoms with Gasteiger partial charge in [0.05, 0.1) is 12.1 Å². The number of amides is 1. The van der Waals surface area contributed by atoms with Gasteiger partial charge in [0.15, 0.2) is 0 Å². The molecule has 1 fully saturated rings. The van der Waals surface area contributed by atoms with E-state index in [1.807, 2.05) is 0 Å². The predicted molar refractivity (Wildman–Crippen MR) is 69.8 cm³/mol. The second kappa shape index (κ2) is 6.16. The van der Waals surface area contributed by atoms with Crippen LogP contribution in [0.4, 0.5) is 0 Å². The first-order valence-electron chi connectivity index (χ1n) is 6.16. The fourth-order valence-electron chi connectivity index (χ4n) is 2.32. The highest BCUT2D eigenvalue weighted by Gasteiger charge is 2.26. The Labute approximate surface area is 112 Å². The monoisotopic (exact) mass is 268 g/mol. The summed E-state index contributed by atoms with van der Waals surface area (Å²) in [7, 11) is 1.69. The summed E-state index contributed by atoms with van der Waals surface area (Å²) in [5.74, 6) is -0.188. The Morgan fingerprint density at radius 3 is 3.00 bits per heavy atom. The van der Waals surface area contributed by atoms with Gasteiger partial charge in [0.1, 0.15) is 5.69 Å². The lowest BCUT2D eigenvalue weighted by Crippen LogP contribution is -2.46. The number of rotatable bonds is 3. The number of carbonyl (C=O) groups excluding carboxylic acids is 1. The molecule has 0 spiro atoms. The third-order valence-electron chi connectivity index (χ3n) is 3.28. The van der Waals surface area contributed by atoms with Crippen molar-refractivity contribution in [2.24, 2.45) is 0 Å². The van der Waals surface area contributed by atoms with E-state index in [0.29, 0.717) is 10.7 Å². The molecule has 1 aliphatic carbocycles. The molecule has 1 saturated carbocycles. The van der Waals surface area contributed by atoms with Gasteiger partial charge in [-0.15, -0.1) is 0 Å². The molecule has 5 heteroatoms. The van der Waals surface area contributed by atoms with Gasteiger partial charge in [-0.3, -0.25) is 9.78 Å². The summed E-state index contributed by atoms with van der Waals surface area (Å²) in [5, 5.41) is 3.49. The Bertz CT molecular complexity index is 425. The van der Waals surface area contributed by atoms with Crippen molar-refractivity contribution in [2.45, 2.75) is 37.8 Å². The first kappa shape index (κ1) is 13.3. The van der Waals surface area contributed by atoms with Crippen LogP contribution in [-0.2, 0) is 4.74 Å². The molecule has 1 amide bonds. The summed E-state index contributed by atoms with van der Waals surface area (Å²) in [4.78, 5) is 16.1. The predicted octanol–water partition coefficient (Wildman–Crippen LogP) is 2.42. The van der Waals surface area contributed by atoms with Crippen LogP contribution in [0.5, 0.6) is 0 Å². The molecule has 2 atom stereocenters. The molecule has 98 valence electrons. The van der Waals surface area contributed by atoms with Crippen molar-refractivity contribution in [2.75, 3.05) is 7.11 Å². The Morgan fingerprint density at radius 1 is 1.50 bits per heavy atom. The number of carbonyl (C=O) groups is 1. The lowest BCUT2D eigenvalue weighted by Gasteiger charge is -2.30. The number of ether oxygens (including phenoxy) is 1.